The Hall–Kier alpha value is -1.39. The van der Waals surface area contributed by atoms with Crippen molar-refractivity contribution in [2.45, 2.75) is 31.9 Å². The number of aromatic nitrogens is 1. The third kappa shape index (κ3) is 1.94. The molecule has 0 amide bonds. The van der Waals surface area contributed by atoms with Gasteiger partial charge in [0, 0.05) is 17.5 Å². The highest BCUT2D eigenvalue weighted by atomic mass is 19.4. The van der Waals surface area contributed by atoms with Crippen LogP contribution < -0.4 is 0 Å². The Morgan fingerprint density at radius 1 is 1.25 bits per heavy atom. The number of alkyl halides is 3. The summed E-state index contributed by atoms with van der Waals surface area (Å²) in [5.41, 5.74) is 0.898. The molecule has 1 aromatic heterocycles. The summed E-state index contributed by atoms with van der Waals surface area (Å²) < 4.78 is 37.0. The summed E-state index contributed by atoms with van der Waals surface area (Å²) in [6, 6.07) is 1.17. The van der Waals surface area contributed by atoms with E-state index >= 15 is 0 Å². The zero-order chi connectivity index (χ0) is 11.8. The predicted molar refractivity (Wildman–Crippen MR) is 51.3 cm³/mol. The van der Waals surface area contributed by atoms with Crippen molar-refractivity contribution in [2.75, 3.05) is 0 Å². The molecule has 0 spiro atoms. The maximum absolute atomic E-state index is 12.3. The molecule has 0 saturated heterocycles. The summed E-state index contributed by atoms with van der Waals surface area (Å²) >= 11 is 0. The Kier molecular flexibility index (Phi) is 2.69. The van der Waals surface area contributed by atoms with Gasteiger partial charge in [0.25, 0.3) is 5.78 Å². The fourth-order valence-electron chi connectivity index (χ4n) is 1.99. The van der Waals surface area contributed by atoms with Crippen LogP contribution in [0.3, 0.4) is 0 Å². The maximum Gasteiger partial charge on any atom is 0.454 e. The lowest BCUT2D eigenvalue weighted by Gasteiger charge is -2.18. The van der Waals surface area contributed by atoms with Crippen LogP contribution in [0.5, 0.6) is 0 Å². The lowest BCUT2D eigenvalue weighted by Crippen LogP contribution is -2.25. The van der Waals surface area contributed by atoms with Gasteiger partial charge in [-0.05, 0) is 37.3 Å². The van der Waals surface area contributed by atoms with Crippen molar-refractivity contribution in [3.63, 3.8) is 0 Å². The van der Waals surface area contributed by atoms with E-state index in [9.17, 15) is 18.0 Å². The minimum atomic E-state index is -4.80. The molecule has 0 N–H and O–H groups in total. The molecule has 16 heavy (non-hydrogen) atoms. The third-order valence-electron chi connectivity index (χ3n) is 2.74. The molecule has 2 rings (SSSR count). The Morgan fingerprint density at radius 2 is 1.94 bits per heavy atom. The van der Waals surface area contributed by atoms with Gasteiger partial charge in [-0.15, -0.1) is 0 Å². The molecule has 0 atom stereocenters. The second-order valence-electron chi connectivity index (χ2n) is 3.82. The van der Waals surface area contributed by atoms with Crippen LogP contribution in [0.25, 0.3) is 0 Å². The number of halogens is 3. The number of carbonyl (C=O) groups is 1. The summed E-state index contributed by atoms with van der Waals surface area (Å²) in [5, 5.41) is 0. The van der Waals surface area contributed by atoms with Crippen molar-refractivity contribution in [1.82, 2.24) is 4.98 Å². The van der Waals surface area contributed by atoms with Crippen LogP contribution in [0.4, 0.5) is 13.2 Å². The number of nitrogens with zero attached hydrogens (tertiary/aromatic N) is 1. The Balaban J connectivity index is 2.46. The molecule has 0 fully saturated rings. The monoisotopic (exact) mass is 229 g/mol. The van der Waals surface area contributed by atoms with Gasteiger partial charge in [-0.2, -0.15) is 13.2 Å². The van der Waals surface area contributed by atoms with Crippen molar-refractivity contribution >= 4 is 5.78 Å². The number of pyridine rings is 1. The van der Waals surface area contributed by atoms with Gasteiger partial charge in [-0.25, -0.2) is 0 Å². The van der Waals surface area contributed by atoms with E-state index in [1.54, 1.807) is 0 Å². The average molecular weight is 229 g/mol. The van der Waals surface area contributed by atoms with Gasteiger partial charge in [0.1, 0.15) is 0 Å². The van der Waals surface area contributed by atoms with Crippen molar-refractivity contribution in [3.8, 4) is 0 Å². The molecule has 86 valence electrons. The number of rotatable bonds is 1. The van der Waals surface area contributed by atoms with Crippen molar-refractivity contribution < 1.29 is 18.0 Å². The standard InChI is InChI=1S/C11H10F3NO/c12-11(13,14)10(16)8-5-6-15-9-4-2-1-3-7(8)9/h5-6H,1-4H2. The molecule has 1 aliphatic rings. The lowest BCUT2D eigenvalue weighted by atomic mass is 9.91. The van der Waals surface area contributed by atoms with Crippen LogP contribution in [0.1, 0.15) is 34.5 Å². The van der Waals surface area contributed by atoms with E-state index in [2.05, 4.69) is 4.98 Å². The van der Waals surface area contributed by atoms with Crippen LogP contribution >= 0.6 is 0 Å². The number of fused-ring (bicyclic) bond motifs is 1. The molecule has 2 nitrogen and oxygen atoms in total. The predicted octanol–water partition coefficient (Wildman–Crippen LogP) is 2.71. The molecular weight excluding hydrogens is 219 g/mol. The highest BCUT2D eigenvalue weighted by Crippen LogP contribution is 2.28. The van der Waals surface area contributed by atoms with E-state index in [4.69, 9.17) is 0 Å². The minimum absolute atomic E-state index is 0.225. The molecular formula is C11H10F3NO. The first-order valence-electron chi connectivity index (χ1n) is 5.08. The molecule has 0 aromatic carbocycles. The quantitative estimate of drug-likeness (QED) is 0.693. The number of hydrogen-bond acceptors (Lipinski definition) is 2. The second kappa shape index (κ2) is 3.88. The molecule has 0 saturated carbocycles. The average Bonchev–Trinajstić information content (AvgIpc) is 2.26. The van der Waals surface area contributed by atoms with E-state index in [0.717, 1.165) is 12.8 Å². The minimum Gasteiger partial charge on any atom is -0.284 e. The molecule has 1 aromatic rings. The van der Waals surface area contributed by atoms with Gasteiger partial charge in [-0.1, -0.05) is 0 Å². The first-order chi connectivity index (χ1) is 7.50. The maximum atomic E-state index is 12.3. The van der Waals surface area contributed by atoms with Gasteiger partial charge in [-0.3, -0.25) is 9.78 Å². The molecule has 1 aliphatic carbocycles. The summed E-state index contributed by atoms with van der Waals surface area (Å²) in [5.74, 6) is -1.76. The SMILES string of the molecule is O=C(c1ccnc2c1CCCC2)C(F)(F)F. The highest BCUT2D eigenvalue weighted by molar-refractivity contribution is 6.01. The van der Waals surface area contributed by atoms with E-state index in [1.165, 1.54) is 12.3 Å². The molecule has 0 bridgehead atoms. The van der Waals surface area contributed by atoms with Crippen molar-refractivity contribution in [2.24, 2.45) is 0 Å². The number of aryl methyl sites for hydroxylation is 1. The zero-order valence-electron chi connectivity index (χ0n) is 8.47. The summed E-state index contributed by atoms with van der Waals surface area (Å²) in [4.78, 5) is 15.2. The summed E-state index contributed by atoms with van der Waals surface area (Å²) in [6.07, 6.45) is -0.606. The van der Waals surface area contributed by atoms with Crippen LogP contribution in [-0.4, -0.2) is 16.9 Å². The first kappa shape index (κ1) is 11.1. The lowest BCUT2D eigenvalue weighted by molar-refractivity contribution is -0.0886. The van der Waals surface area contributed by atoms with E-state index in [1.807, 2.05) is 0 Å². The summed E-state index contributed by atoms with van der Waals surface area (Å²) in [7, 11) is 0. The first-order valence-corrected chi connectivity index (χ1v) is 5.08. The number of Topliss-reactive ketones (excluding diaryl/α,β-unsaturated/α-hetero) is 1. The number of carbonyl (C=O) groups excluding carboxylic acids is 1. The Morgan fingerprint density at radius 3 is 2.62 bits per heavy atom. The smallest absolute Gasteiger partial charge is 0.284 e. The van der Waals surface area contributed by atoms with Crippen LogP contribution in [-0.2, 0) is 12.8 Å². The number of hydrogen-bond donors (Lipinski definition) is 0. The fraction of sp³-hybridized carbons (Fsp3) is 0.455. The van der Waals surface area contributed by atoms with Gasteiger partial charge in [0.05, 0.1) is 0 Å². The largest absolute Gasteiger partial charge is 0.454 e. The molecule has 5 heteroatoms. The van der Waals surface area contributed by atoms with Crippen LogP contribution in [0.15, 0.2) is 12.3 Å². The van der Waals surface area contributed by atoms with Crippen LogP contribution in [0, 0.1) is 0 Å². The topological polar surface area (TPSA) is 30.0 Å². The third-order valence-corrected chi connectivity index (χ3v) is 2.74. The fourth-order valence-corrected chi connectivity index (χ4v) is 1.99. The molecule has 0 radical (unpaired) electrons. The van der Waals surface area contributed by atoms with Crippen molar-refractivity contribution in [1.29, 1.82) is 0 Å². The molecule has 1 heterocycles. The Bertz CT molecular complexity index is 426. The van der Waals surface area contributed by atoms with Crippen LogP contribution in [0.2, 0.25) is 0 Å². The normalized spacial score (nSPS) is 15.7. The van der Waals surface area contributed by atoms with Gasteiger partial charge in [0.2, 0.25) is 0 Å². The Labute approximate surface area is 90.5 Å². The zero-order valence-corrected chi connectivity index (χ0v) is 8.47. The van der Waals surface area contributed by atoms with Gasteiger partial charge < -0.3 is 0 Å². The molecule has 0 aliphatic heterocycles. The van der Waals surface area contributed by atoms with E-state index in [-0.39, 0.29) is 5.56 Å². The highest BCUT2D eigenvalue weighted by Gasteiger charge is 2.40. The second-order valence-corrected chi connectivity index (χ2v) is 3.82. The molecule has 0 unspecified atom stereocenters. The number of ketones is 1. The van der Waals surface area contributed by atoms with Gasteiger partial charge in [0.15, 0.2) is 0 Å². The summed E-state index contributed by atoms with van der Waals surface area (Å²) in [6.45, 7) is 0. The van der Waals surface area contributed by atoms with Gasteiger partial charge >= 0.3 is 6.18 Å². The van der Waals surface area contributed by atoms with E-state index < -0.39 is 12.0 Å². The van der Waals surface area contributed by atoms with E-state index in [0.29, 0.717) is 24.1 Å². The van der Waals surface area contributed by atoms with Crippen molar-refractivity contribution in [3.05, 3.63) is 29.1 Å².